The zero-order valence-electron chi connectivity index (χ0n) is 18.2. The molecule has 0 aliphatic heterocycles. The minimum atomic E-state index is -1.75. The first kappa shape index (κ1) is 23.3. The van der Waals surface area contributed by atoms with Crippen LogP contribution in [0.3, 0.4) is 0 Å². The number of aliphatic hydroxyl groups is 2. The Bertz CT molecular complexity index is 657. The maximum atomic E-state index is 10.0. The van der Waals surface area contributed by atoms with Crippen LogP contribution in [0.25, 0.3) is 0 Å². The molecule has 2 aliphatic rings. The SMILES string of the molecule is C[Si](C)(CCCNC(O)=C1C=CC=C1)O[Si](C)(C)CCCNC(O)=C1C=CC=C1. The van der Waals surface area contributed by atoms with E-state index in [0.717, 1.165) is 49.2 Å². The molecule has 0 aromatic carbocycles. The highest BCUT2D eigenvalue weighted by Gasteiger charge is 2.32. The highest BCUT2D eigenvalue weighted by molar-refractivity contribution is 6.84. The highest BCUT2D eigenvalue weighted by Crippen LogP contribution is 2.23. The minimum Gasteiger partial charge on any atom is -0.494 e. The quantitative estimate of drug-likeness (QED) is 0.195. The molecule has 0 heterocycles. The van der Waals surface area contributed by atoms with Crippen LogP contribution in [0.1, 0.15) is 12.8 Å². The fraction of sp³-hybridized carbons (Fsp3) is 0.455. The largest absolute Gasteiger partial charge is 0.494 e. The number of hydrogen-bond donors (Lipinski definition) is 4. The van der Waals surface area contributed by atoms with Gasteiger partial charge in [-0.05, 0) is 75.4 Å². The van der Waals surface area contributed by atoms with Crippen molar-refractivity contribution in [2.75, 3.05) is 13.1 Å². The van der Waals surface area contributed by atoms with Crippen molar-refractivity contribution in [3.05, 3.63) is 71.5 Å². The van der Waals surface area contributed by atoms with Gasteiger partial charge >= 0.3 is 0 Å². The summed E-state index contributed by atoms with van der Waals surface area (Å²) in [5.74, 6) is 0.499. The molecule has 0 radical (unpaired) electrons. The minimum absolute atomic E-state index is 0.249. The monoisotopic (exact) mass is 432 g/mol. The fourth-order valence-corrected chi connectivity index (χ4v) is 12.4. The molecule has 0 amide bonds. The molecule has 2 rings (SSSR count). The van der Waals surface area contributed by atoms with Gasteiger partial charge in [0.1, 0.15) is 0 Å². The molecule has 0 atom stereocenters. The van der Waals surface area contributed by atoms with E-state index in [2.05, 4.69) is 36.8 Å². The molecule has 160 valence electrons. The third-order valence-electron chi connectivity index (χ3n) is 4.92. The second-order valence-corrected chi connectivity index (χ2v) is 17.6. The summed E-state index contributed by atoms with van der Waals surface area (Å²) in [7, 11) is -3.49. The molecule has 0 aromatic rings. The Labute approximate surface area is 177 Å². The van der Waals surface area contributed by atoms with Crippen molar-refractivity contribution in [2.45, 2.75) is 51.1 Å². The Balaban J connectivity index is 1.66. The van der Waals surface area contributed by atoms with Crippen molar-refractivity contribution in [1.82, 2.24) is 10.6 Å². The molecule has 0 unspecified atom stereocenters. The van der Waals surface area contributed by atoms with Crippen LogP contribution in [-0.2, 0) is 4.12 Å². The van der Waals surface area contributed by atoms with Crippen LogP contribution in [0.4, 0.5) is 0 Å². The Kier molecular flexibility index (Phi) is 8.61. The normalized spacial score (nSPS) is 15.4. The predicted molar refractivity (Wildman–Crippen MR) is 127 cm³/mol. The number of aliphatic hydroxyl groups excluding tert-OH is 2. The lowest BCUT2D eigenvalue weighted by molar-refractivity contribution is 0.360. The summed E-state index contributed by atoms with van der Waals surface area (Å²) in [5.41, 5.74) is 1.67. The van der Waals surface area contributed by atoms with E-state index in [1.807, 2.05) is 48.6 Å². The van der Waals surface area contributed by atoms with E-state index >= 15 is 0 Å². The molecule has 0 fully saturated rings. The topological polar surface area (TPSA) is 73.8 Å². The lowest BCUT2D eigenvalue weighted by Gasteiger charge is -2.34. The van der Waals surface area contributed by atoms with Crippen molar-refractivity contribution >= 4 is 16.6 Å². The Morgan fingerprint density at radius 1 is 0.724 bits per heavy atom. The van der Waals surface area contributed by atoms with Gasteiger partial charge in [-0.25, -0.2) is 0 Å². The molecule has 0 saturated carbocycles. The highest BCUT2D eigenvalue weighted by atomic mass is 28.4. The number of nitrogens with one attached hydrogen (secondary N) is 2. The number of hydrogen-bond acceptors (Lipinski definition) is 5. The first-order valence-electron chi connectivity index (χ1n) is 10.4. The summed E-state index contributed by atoms with van der Waals surface area (Å²) < 4.78 is 6.67. The van der Waals surface area contributed by atoms with E-state index in [9.17, 15) is 10.2 Å². The summed E-state index contributed by atoms with van der Waals surface area (Å²) in [6.45, 7) is 10.6. The van der Waals surface area contributed by atoms with Crippen LogP contribution >= 0.6 is 0 Å². The Hall–Kier alpha value is -1.97. The van der Waals surface area contributed by atoms with Gasteiger partial charge in [-0.15, -0.1) is 0 Å². The maximum absolute atomic E-state index is 10.0. The van der Waals surface area contributed by atoms with E-state index in [0.29, 0.717) is 0 Å². The molecular weight excluding hydrogens is 396 g/mol. The van der Waals surface area contributed by atoms with Crippen LogP contribution in [0.2, 0.25) is 38.3 Å². The number of rotatable bonds is 12. The molecule has 0 bridgehead atoms. The van der Waals surface area contributed by atoms with Gasteiger partial charge in [-0.2, -0.15) is 0 Å². The van der Waals surface area contributed by atoms with Gasteiger partial charge < -0.3 is 25.0 Å². The van der Waals surface area contributed by atoms with Gasteiger partial charge in [0.2, 0.25) is 0 Å². The second kappa shape index (κ2) is 10.7. The third kappa shape index (κ3) is 8.51. The lowest BCUT2D eigenvalue weighted by Crippen LogP contribution is -2.44. The average molecular weight is 433 g/mol. The smallest absolute Gasteiger partial charge is 0.191 e. The fourth-order valence-electron chi connectivity index (χ4n) is 3.56. The first-order valence-corrected chi connectivity index (χ1v) is 16.7. The van der Waals surface area contributed by atoms with Crippen molar-refractivity contribution < 1.29 is 14.3 Å². The van der Waals surface area contributed by atoms with Crippen molar-refractivity contribution in [3.63, 3.8) is 0 Å². The van der Waals surface area contributed by atoms with E-state index in [-0.39, 0.29) is 11.8 Å². The van der Waals surface area contributed by atoms with Gasteiger partial charge in [-0.1, -0.05) is 24.3 Å². The Morgan fingerprint density at radius 3 is 1.41 bits per heavy atom. The van der Waals surface area contributed by atoms with E-state index in [4.69, 9.17) is 4.12 Å². The van der Waals surface area contributed by atoms with Gasteiger partial charge in [0, 0.05) is 24.2 Å². The molecule has 0 saturated heterocycles. The average Bonchev–Trinajstić information content (AvgIpc) is 3.34. The summed E-state index contributed by atoms with van der Waals surface area (Å²) in [4.78, 5) is 0. The summed E-state index contributed by atoms with van der Waals surface area (Å²) in [5, 5.41) is 26.2. The summed E-state index contributed by atoms with van der Waals surface area (Å²) >= 11 is 0. The number of allylic oxidation sites excluding steroid dienone is 10. The van der Waals surface area contributed by atoms with Crippen LogP contribution < -0.4 is 10.6 Å². The molecule has 2 aliphatic carbocycles. The van der Waals surface area contributed by atoms with Crippen LogP contribution in [0, 0.1) is 0 Å². The van der Waals surface area contributed by atoms with Crippen LogP contribution in [0.5, 0.6) is 0 Å². The van der Waals surface area contributed by atoms with Crippen LogP contribution in [0.15, 0.2) is 71.5 Å². The summed E-state index contributed by atoms with van der Waals surface area (Å²) in [6.07, 6.45) is 17.2. The molecule has 4 N–H and O–H groups in total. The van der Waals surface area contributed by atoms with Gasteiger partial charge in [0.05, 0.1) is 0 Å². The van der Waals surface area contributed by atoms with Gasteiger partial charge in [0.25, 0.3) is 0 Å². The van der Waals surface area contributed by atoms with E-state index in [1.54, 1.807) is 0 Å². The first-order chi connectivity index (χ1) is 13.7. The molecular formula is C22H36N2O3Si2. The van der Waals surface area contributed by atoms with Crippen molar-refractivity contribution in [2.24, 2.45) is 0 Å². The summed E-state index contributed by atoms with van der Waals surface area (Å²) in [6, 6.07) is 2.13. The lowest BCUT2D eigenvalue weighted by atomic mass is 10.3. The molecule has 29 heavy (non-hydrogen) atoms. The second-order valence-electron chi connectivity index (χ2n) is 8.73. The maximum Gasteiger partial charge on any atom is 0.191 e. The van der Waals surface area contributed by atoms with Crippen LogP contribution in [-0.4, -0.2) is 39.9 Å². The van der Waals surface area contributed by atoms with Gasteiger partial charge in [0.15, 0.2) is 28.4 Å². The zero-order valence-corrected chi connectivity index (χ0v) is 20.2. The molecule has 0 aromatic heterocycles. The van der Waals surface area contributed by atoms with Gasteiger partial charge in [-0.3, -0.25) is 0 Å². The van der Waals surface area contributed by atoms with E-state index < -0.39 is 16.6 Å². The zero-order chi connectivity index (χ0) is 21.3. The molecule has 0 spiro atoms. The van der Waals surface area contributed by atoms with E-state index in [1.165, 1.54) is 0 Å². The molecule has 5 nitrogen and oxygen atoms in total. The standard InChI is InChI=1S/C22H36N2O3Si2/c1-28(2,17-9-15-23-21(25)19-11-5-6-12-19)27-29(3,4)18-10-16-24-22(26)20-13-7-8-14-20/h5-8,11-14,23-26H,9-10,15-18H2,1-4H3. The molecule has 7 heteroatoms. The predicted octanol–water partition coefficient (Wildman–Crippen LogP) is 5.16. The van der Waals surface area contributed by atoms with Crippen molar-refractivity contribution in [3.8, 4) is 0 Å². The van der Waals surface area contributed by atoms with Crippen molar-refractivity contribution in [1.29, 1.82) is 0 Å². The third-order valence-corrected chi connectivity index (χ3v) is 12.5. The Morgan fingerprint density at radius 2 is 1.07 bits per heavy atom.